The molecule has 1 atom stereocenters. The van der Waals surface area contributed by atoms with E-state index in [2.05, 4.69) is 23.5 Å². The molecule has 0 amide bonds. The average molecular weight is 297 g/mol. The van der Waals surface area contributed by atoms with Crippen LogP contribution in [0, 0.1) is 17.2 Å². The van der Waals surface area contributed by atoms with E-state index in [4.69, 9.17) is 16.9 Å². The number of nitriles is 1. The van der Waals surface area contributed by atoms with E-state index in [0.717, 1.165) is 17.5 Å². The third-order valence-electron chi connectivity index (χ3n) is 3.93. The molecule has 0 aliphatic heterocycles. The number of halogens is 1. The number of hydrogen-bond acceptors (Lipinski definition) is 2. The lowest BCUT2D eigenvalue weighted by Gasteiger charge is -2.19. The Hall–Kier alpha value is -1.82. The summed E-state index contributed by atoms with van der Waals surface area (Å²) >= 11 is 5.97. The Bertz CT molecular complexity index is 636. The first kappa shape index (κ1) is 14.1. The SMILES string of the molecule is N#Cc1ccc(CNC(c2ccc(Cl)cc2)C2CC2)cc1. The summed E-state index contributed by atoms with van der Waals surface area (Å²) in [5.41, 5.74) is 3.21. The minimum atomic E-state index is 0.387. The van der Waals surface area contributed by atoms with Crippen molar-refractivity contribution >= 4 is 11.6 Å². The maximum absolute atomic E-state index is 8.82. The molecule has 1 saturated carbocycles. The molecular formula is C18H17ClN2. The Morgan fingerprint density at radius 1 is 1.10 bits per heavy atom. The second-order valence-corrected chi connectivity index (χ2v) is 5.99. The van der Waals surface area contributed by atoms with Crippen LogP contribution in [0.3, 0.4) is 0 Å². The molecule has 2 aromatic carbocycles. The normalized spacial score (nSPS) is 15.4. The molecule has 0 bridgehead atoms. The van der Waals surface area contributed by atoms with Gasteiger partial charge in [0.2, 0.25) is 0 Å². The van der Waals surface area contributed by atoms with Gasteiger partial charge in [-0.2, -0.15) is 5.26 Å². The van der Waals surface area contributed by atoms with Gasteiger partial charge in [0, 0.05) is 17.6 Å². The van der Waals surface area contributed by atoms with Crippen LogP contribution in [0.2, 0.25) is 5.02 Å². The lowest BCUT2D eigenvalue weighted by Crippen LogP contribution is -2.22. The Kier molecular flexibility index (Phi) is 4.24. The molecule has 2 nitrogen and oxygen atoms in total. The molecule has 0 heterocycles. The van der Waals surface area contributed by atoms with Gasteiger partial charge in [0.05, 0.1) is 11.6 Å². The summed E-state index contributed by atoms with van der Waals surface area (Å²) in [7, 11) is 0. The van der Waals surface area contributed by atoms with Crippen LogP contribution < -0.4 is 5.32 Å². The molecule has 0 spiro atoms. The number of benzene rings is 2. The summed E-state index contributed by atoms with van der Waals surface area (Å²) in [6, 6.07) is 18.4. The predicted molar refractivity (Wildman–Crippen MR) is 84.9 cm³/mol. The van der Waals surface area contributed by atoms with Crippen LogP contribution in [0.25, 0.3) is 0 Å². The van der Waals surface area contributed by atoms with E-state index in [9.17, 15) is 0 Å². The highest BCUT2D eigenvalue weighted by molar-refractivity contribution is 6.30. The van der Waals surface area contributed by atoms with Gasteiger partial charge in [0.1, 0.15) is 0 Å². The van der Waals surface area contributed by atoms with Gasteiger partial charge in [0.15, 0.2) is 0 Å². The molecule has 106 valence electrons. The number of nitrogens with one attached hydrogen (secondary N) is 1. The summed E-state index contributed by atoms with van der Waals surface area (Å²) < 4.78 is 0. The second kappa shape index (κ2) is 6.30. The fourth-order valence-corrected chi connectivity index (χ4v) is 2.71. The minimum absolute atomic E-state index is 0.387. The maximum atomic E-state index is 8.82. The summed E-state index contributed by atoms with van der Waals surface area (Å²) in [4.78, 5) is 0. The first-order chi connectivity index (χ1) is 10.3. The summed E-state index contributed by atoms with van der Waals surface area (Å²) in [5.74, 6) is 0.726. The molecule has 0 saturated heterocycles. The van der Waals surface area contributed by atoms with Crippen molar-refractivity contribution in [2.45, 2.75) is 25.4 Å². The van der Waals surface area contributed by atoms with Crippen molar-refractivity contribution in [1.29, 1.82) is 5.26 Å². The molecule has 0 aromatic heterocycles. The molecule has 3 heteroatoms. The Morgan fingerprint density at radius 3 is 2.33 bits per heavy atom. The standard InChI is InChI=1S/C18H17ClN2/c19-17-9-7-16(8-10-17)18(15-5-6-15)21-12-14-3-1-13(11-20)2-4-14/h1-4,7-10,15,18,21H,5-6,12H2. The first-order valence-corrected chi connectivity index (χ1v) is 7.62. The third-order valence-corrected chi connectivity index (χ3v) is 4.18. The molecule has 21 heavy (non-hydrogen) atoms. The first-order valence-electron chi connectivity index (χ1n) is 7.24. The molecule has 3 rings (SSSR count). The van der Waals surface area contributed by atoms with Crippen molar-refractivity contribution in [2.24, 2.45) is 5.92 Å². The molecule has 0 radical (unpaired) electrons. The van der Waals surface area contributed by atoms with E-state index in [1.165, 1.54) is 24.0 Å². The zero-order chi connectivity index (χ0) is 14.7. The van der Waals surface area contributed by atoms with Gasteiger partial charge in [-0.25, -0.2) is 0 Å². The van der Waals surface area contributed by atoms with E-state index in [0.29, 0.717) is 11.6 Å². The smallest absolute Gasteiger partial charge is 0.0991 e. The fraction of sp³-hybridized carbons (Fsp3) is 0.278. The summed E-state index contributed by atoms with van der Waals surface area (Å²) in [6.07, 6.45) is 2.57. The monoisotopic (exact) mass is 296 g/mol. The topological polar surface area (TPSA) is 35.8 Å². The zero-order valence-corrected chi connectivity index (χ0v) is 12.5. The van der Waals surface area contributed by atoms with Gasteiger partial charge in [-0.1, -0.05) is 35.9 Å². The van der Waals surface area contributed by atoms with Gasteiger partial charge < -0.3 is 5.32 Å². The highest BCUT2D eigenvalue weighted by Crippen LogP contribution is 2.41. The largest absolute Gasteiger partial charge is 0.306 e. The Morgan fingerprint density at radius 2 is 1.76 bits per heavy atom. The van der Waals surface area contributed by atoms with Gasteiger partial charge in [0.25, 0.3) is 0 Å². The van der Waals surface area contributed by atoms with Crippen molar-refractivity contribution in [2.75, 3.05) is 0 Å². The zero-order valence-electron chi connectivity index (χ0n) is 11.7. The van der Waals surface area contributed by atoms with E-state index in [1.807, 2.05) is 36.4 Å². The van der Waals surface area contributed by atoms with Crippen LogP contribution in [0.4, 0.5) is 0 Å². The Balaban J connectivity index is 1.68. The molecule has 1 aliphatic rings. The number of nitrogens with zero attached hydrogens (tertiary/aromatic N) is 1. The predicted octanol–water partition coefficient (Wildman–Crippen LogP) is 4.45. The Labute approximate surface area is 130 Å². The highest BCUT2D eigenvalue weighted by atomic mass is 35.5. The lowest BCUT2D eigenvalue weighted by molar-refractivity contribution is 0.480. The quantitative estimate of drug-likeness (QED) is 0.884. The summed E-state index contributed by atoms with van der Waals surface area (Å²) in [5, 5.41) is 13.2. The maximum Gasteiger partial charge on any atom is 0.0991 e. The van der Waals surface area contributed by atoms with Crippen LogP contribution in [0.5, 0.6) is 0 Å². The van der Waals surface area contributed by atoms with Crippen molar-refractivity contribution in [3.63, 3.8) is 0 Å². The van der Waals surface area contributed by atoms with E-state index in [1.54, 1.807) is 0 Å². The van der Waals surface area contributed by atoms with Crippen molar-refractivity contribution < 1.29 is 0 Å². The molecule has 1 aliphatic carbocycles. The van der Waals surface area contributed by atoms with E-state index in [-0.39, 0.29) is 0 Å². The second-order valence-electron chi connectivity index (χ2n) is 5.56. The van der Waals surface area contributed by atoms with Gasteiger partial charge in [-0.3, -0.25) is 0 Å². The third kappa shape index (κ3) is 3.64. The van der Waals surface area contributed by atoms with Crippen molar-refractivity contribution in [3.05, 3.63) is 70.2 Å². The summed E-state index contributed by atoms with van der Waals surface area (Å²) in [6.45, 7) is 0.815. The van der Waals surface area contributed by atoms with Gasteiger partial charge >= 0.3 is 0 Å². The van der Waals surface area contributed by atoms with Crippen LogP contribution in [0.1, 0.15) is 35.6 Å². The van der Waals surface area contributed by atoms with Crippen LogP contribution >= 0.6 is 11.6 Å². The lowest BCUT2D eigenvalue weighted by atomic mass is 10.0. The molecule has 1 unspecified atom stereocenters. The van der Waals surface area contributed by atoms with Gasteiger partial charge in [-0.05, 0) is 54.2 Å². The van der Waals surface area contributed by atoms with Crippen molar-refractivity contribution in [1.82, 2.24) is 5.32 Å². The molecule has 1 N–H and O–H groups in total. The van der Waals surface area contributed by atoms with Gasteiger partial charge in [-0.15, -0.1) is 0 Å². The molecule has 1 fully saturated rings. The molecular weight excluding hydrogens is 280 g/mol. The van der Waals surface area contributed by atoms with Crippen molar-refractivity contribution in [3.8, 4) is 6.07 Å². The average Bonchev–Trinajstić information content (AvgIpc) is 3.35. The van der Waals surface area contributed by atoms with E-state index < -0.39 is 0 Å². The number of rotatable bonds is 5. The fourth-order valence-electron chi connectivity index (χ4n) is 2.58. The number of hydrogen-bond donors (Lipinski definition) is 1. The van der Waals surface area contributed by atoms with E-state index >= 15 is 0 Å². The van der Waals surface area contributed by atoms with Crippen LogP contribution in [-0.4, -0.2) is 0 Å². The van der Waals surface area contributed by atoms with Crippen LogP contribution in [0.15, 0.2) is 48.5 Å². The highest BCUT2D eigenvalue weighted by Gasteiger charge is 2.31. The van der Waals surface area contributed by atoms with Crippen LogP contribution in [-0.2, 0) is 6.54 Å². The minimum Gasteiger partial charge on any atom is -0.306 e. The molecule has 2 aromatic rings.